The molecule has 0 bridgehead atoms. The van der Waals surface area contributed by atoms with E-state index in [1.165, 1.54) is 26.2 Å². The summed E-state index contributed by atoms with van der Waals surface area (Å²) in [7, 11) is 1.31. The summed E-state index contributed by atoms with van der Waals surface area (Å²) in [5.74, 6) is -2.09. The lowest BCUT2D eigenvalue weighted by atomic mass is 10.1. The molecule has 0 aliphatic carbocycles. The minimum absolute atomic E-state index is 0.0291. The maximum atomic E-state index is 13.6. The van der Waals surface area contributed by atoms with Gasteiger partial charge in [-0.1, -0.05) is 6.07 Å². The Morgan fingerprint density at radius 2 is 1.75 bits per heavy atom. The van der Waals surface area contributed by atoms with Gasteiger partial charge < -0.3 is 14.8 Å². The number of nitrogens with one attached hydrogen (secondary N) is 1. The molecule has 0 aliphatic heterocycles. The zero-order valence-corrected chi connectivity index (χ0v) is 15.0. The number of benzene rings is 2. The van der Waals surface area contributed by atoms with E-state index >= 15 is 0 Å². The molecule has 2 aromatic carbocycles. The van der Waals surface area contributed by atoms with E-state index in [0.717, 1.165) is 30.3 Å². The summed E-state index contributed by atoms with van der Waals surface area (Å²) >= 11 is 0. The number of halogens is 4. The zero-order chi connectivity index (χ0) is 20.9. The number of hydrogen-bond acceptors (Lipinski definition) is 4. The number of ether oxygens (including phenoxy) is 2. The molecule has 28 heavy (non-hydrogen) atoms. The molecule has 2 aromatic rings. The van der Waals surface area contributed by atoms with Gasteiger partial charge in [0.1, 0.15) is 0 Å². The first-order chi connectivity index (χ1) is 13.1. The largest absolute Gasteiger partial charge is 0.494 e. The molecule has 9 heteroatoms. The van der Waals surface area contributed by atoms with Crippen LogP contribution in [-0.4, -0.2) is 25.1 Å². The molecular formula is C19H17F4NO4. The Bertz CT molecular complexity index is 850. The second kappa shape index (κ2) is 8.73. The highest BCUT2D eigenvalue weighted by molar-refractivity contribution is 5.95. The number of rotatable bonds is 6. The van der Waals surface area contributed by atoms with Crippen LogP contribution in [0.25, 0.3) is 0 Å². The van der Waals surface area contributed by atoms with Gasteiger partial charge in [0.05, 0.1) is 19.1 Å². The summed E-state index contributed by atoms with van der Waals surface area (Å²) in [5, 5.41) is 2.35. The van der Waals surface area contributed by atoms with Crippen LogP contribution < -0.4 is 10.1 Å². The number of methoxy groups -OCH3 is 1. The monoisotopic (exact) mass is 399 g/mol. The SMILES string of the molecule is COc1ccc(CC(=O)OC(C)C(=O)Nc2ccc(C(F)(F)F)cc2)cc1F. The highest BCUT2D eigenvalue weighted by atomic mass is 19.4. The number of carbonyl (C=O) groups excluding carboxylic acids is 2. The fraction of sp³-hybridized carbons (Fsp3) is 0.263. The van der Waals surface area contributed by atoms with Crippen LogP contribution in [0.4, 0.5) is 23.2 Å². The van der Waals surface area contributed by atoms with Crippen LogP contribution in [0.15, 0.2) is 42.5 Å². The molecule has 0 heterocycles. The molecule has 1 atom stereocenters. The first-order valence-corrected chi connectivity index (χ1v) is 8.10. The third-order valence-electron chi connectivity index (χ3n) is 3.72. The summed E-state index contributed by atoms with van der Waals surface area (Å²) < 4.78 is 61.0. The predicted octanol–water partition coefficient (Wildman–Crippen LogP) is 3.97. The van der Waals surface area contributed by atoms with Gasteiger partial charge in [-0.15, -0.1) is 0 Å². The smallest absolute Gasteiger partial charge is 0.416 e. The maximum absolute atomic E-state index is 13.6. The first kappa shape index (κ1) is 21.2. The Morgan fingerprint density at radius 3 is 2.29 bits per heavy atom. The fourth-order valence-electron chi connectivity index (χ4n) is 2.27. The minimum atomic E-state index is -4.48. The molecule has 1 unspecified atom stereocenters. The maximum Gasteiger partial charge on any atom is 0.416 e. The topological polar surface area (TPSA) is 64.6 Å². The lowest BCUT2D eigenvalue weighted by molar-refractivity contribution is -0.152. The third-order valence-corrected chi connectivity index (χ3v) is 3.72. The Hall–Kier alpha value is -3.10. The summed E-state index contributed by atoms with van der Waals surface area (Å²) in [4.78, 5) is 24.0. The molecule has 0 aromatic heterocycles. The zero-order valence-electron chi connectivity index (χ0n) is 15.0. The molecule has 0 radical (unpaired) electrons. The van der Waals surface area contributed by atoms with Crippen molar-refractivity contribution in [2.45, 2.75) is 25.6 Å². The normalized spacial score (nSPS) is 12.2. The summed E-state index contributed by atoms with van der Waals surface area (Å²) in [5.41, 5.74) is -0.395. The van der Waals surface area contributed by atoms with Crippen molar-refractivity contribution in [2.24, 2.45) is 0 Å². The van der Waals surface area contributed by atoms with Gasteiger partial charge in [0.2, 0.25) is 0 Å². The van der Waals surface area contributed by atoms with Crippen molar-refractivity contribution in [3.8, 4) is 5.75 Å². The highest BCUT2D eigenvalue weighted by Crippen LogP contribution is 2.29. The van der Waals surface area contributed by atoms with Crippen molar-refractivity contribution in [2.75, 3.05) is 12.4 Å². The van der Waals surface area contributed by atoms with E-state index in [1.807, 2.05) is 0 Å². The van der Waals surface area contributed by atoms with Gasteiger partial charge in [0.25, 0.3) is 5.91 Å². The van der Waals surface area contributed by atoms with E-state index in [-0.39, 0.29) is 17.9 Å². The number of carbonyl (C=O) groups is 2. The lowest BCUT2D eigenvalue weighted by Crippen LogP contribution is -2.30. The molecule has 5 nitrogen and oxygen atoms in total. The van der Waals surface area contributed by atoms with Gasteiger partial charge in [-0.25, -0.2) is 4.39 Å². The van der Waals surface area contributed by atoms with E-state index in [0.29, 0.717) is 5.56 Å². The molecule has 0 saturated heterocycles. The third kappa shape index (κ3) is 5.70. The molecule has 0 aliphatic rings. The number of esters is 1. The number of hydrogen-bond donors (Lipinski definition) is 1. The Labute approximate surface area is 158 Å². The van der Waals surface area contributed by atoms with Crippen LogP contribution in [0.3, 0.4) is 0 Å². The molecular weight excluding hydrogens is 382 g/mol. The molecule has 2 rings (SSSR count). The number of anilines is 1. The van der Waals surface area contributed by atoms with Crippen molar-refractivity contribution in [3.63, 3.8) is 0 Å². The molecule has 1 amide bonds. The second-order valence-corrected chi connectivity index (χ2v) is 5.84. The van der Waals surface area contributed by atoms with Gasteiger partial charge in [0.15, 0.2) is 17.7 Å². The van der Waals surface area contributed by atoms with Crippen molar-refractivity contribution in [1.29, 1.82) is 0 Å². The summed E-state index contributed by atoms with van der Waals surface area (Å²) in [6.45, 7) is 1.31. The summed E-state index contributed by atoms with van der Waals surface area (Å²) in [6.07, 6.45) is -5.94. The van der Waals surface area contributed by atoms with Crippen molar-refractivity contribution >= 4 is 17.6 Å². The van der Waals surface area contributed by atoms with E-state index in [9.17, 15) is 27.2 Å². The number of amides is 1. The van der Waals surface area contributed by atoms with Gasteiger partial charge in [-0.3, -0.25) is 9.59 Å². The molecule has 0 fully saturated rings. The molecule has 1 N–H and O–H groups in total. The first-order valence-electron chi connectivity index (χ1n) is 8.10. The Balaban J connectivity index is 1.91. The minimum Gasteiger partial charge on any atom is -0.494 e. The highest BCUT2D eigenvalue weighted by Gasteiger charge is 2.30. The molecule has 150 valence electrons. The van der Waals surface area contributed by atoms with Crippen LogP contribution in [0.2, 0.25) is 0 Å². The van der Waals surface area contributed by atoms with Crippen LogP contribution in [0.5, 0.6) is 5.75 Å². The fourth-order valence-corrected chi connectivity index (χ4v) is 2.27. The predicted molar refractivity (Wildman–Crippen MR) is 92.3 cm³/mol. The average molecular weight is 399 g/mol. The molecule has 0 spiro atoms. The van der Waals surface area contributed by atoms with Crippen molar-refractivity contribution < 1.29 is 36.6 Å². The standard InChI is InChI=1S/C19H17F4NO4/c1-11(18(26)24-14-6-4-13(5-7-14)19(21,22)23)28-17(25)10-12-3-8-16(27-2)15(20)9-12/h3-9,11H,10H2,1-2H3,(H,24,26). The van der Waals surface area contributed by atoms with E-state index < -0.39 is 35.5 Å². The quantitative estimate of drug-likeness (QED) is 0.590. The van der Waals surface area contributed by atoms with Gasteiger partial charge in [-0.05, 0) is 48.9 Å². The summed E-state index contributed by atoms with van der Waals surface area (Å²) in [6, 6.07) is 7.79. The van der Waals surface area contributed by atoms with Gasteiger partial charge in [-0.2, -0.15) is 13.2 Å². The van der Waals surface area contributed by atoms with Gasteiger partial charge >= 0.3 is 12.1 Å². The van der Waals surface area contributed by atoms with Crippen LogP contribution >= 0.6 is 0 Å². The lowest BCUT2D eigenvalue weighted by Gasteiger charge is -2.14. The second-order valence-electron chi connectivity index (χ2n) is 5.84. The van der Waals surface area contributed by atoms with E-state index in [1.54, 1.807) is 0 Å². The average Bonchev–Trinajstić information content (AvgIpc) is 2.61. The Kier molecular flexibility index (Phi) is 6.61. The van der Waals surface area contributed by atoms with E-state index in [4.69, 9.17) is 9.47 Å². The van der Waals surface area contributed by atoms with Crippen LogP contribution in [0.1, 0.15) is 18.1 Å². The van der Waals surface area contributed by atoms with Gasteiger partial charge in [0, 0.05) is 5.69 Å². The Morgan fingerprint density at radius 1 is 1.11 bits per heavy atom. The van der Waals surface area contributed by atoms with Crippen molar-refractivity contribution in [1.82, 2.24) is 0 Å². The van der Waals surface area contributed by atoms with Crippen LogP contribution in [-0.2, 0) is 26.9 Å². The number of alkyl halides is 3. The van der Waals surface area contributed by atoms with Crippen molar-refractivity contribution in [3.05, 3.63) is 59.4 Å². The van der Waals surface area contributed by atoms with Crippen LogP contribution in [0, 0.1) is 5.82 Å². The molecule has 0 saturated carbocycles. The van der Waals surface area contributed by atoms with E-state index in [2.05, 4.69) is 5.32 Å².